The van der Waals surface area contributed by atoms with Gasteiger partial charge in [-0.15, -0.1) is 5.10 Å². The van der Waals surface area contributed by atoms with E-state index >= 15 is 0 Å². The van der Waals surface area contributed by atoms with Gasteiger partial charge in [0.15, 0.2) is 17.9 Å². The maximum Gasteiger partial charge on any atom is 0.311 e. The van der Waals surface area contributed by atoms with Crippen LogP contribution in [0.3, 0.4) is 0 Å². The molecule has 54 heavy (non-hydrogen) atoms. The van der Waals surface area contributed by atoms with E-state index < -0.39 is 89.7 Å². The van der Waals surface area contributed by atoms with Crippen molar-refractivity contribution >= 4 is 50.8 Å². The molecule has 1 N–H and O–H groups in total. The van der Waals surface area contributed by atoms with Gasteiger partial charge in [0.1, 0.15) is 12.7 Å². The second kappa shape index (κ2) is 16.4. The van der Waals surface area contributed by atoms with Crippen LogP contribution in [-0.4, -0.2) is 76.4 Å². The van der Waals surface area contributed by atoms with Crippen LogP contribution < -0.4 is 4.74 Å². The summed E-state index contributed by atoms with van der Waals surface area (Å²) in [6.07, 6.45) is -5.37. The smallest absolute Gasteiger partial charge is 0.311 e. The Balaban J connectivity index is 1.88. The van der Waals surface area contributed by atoms with Crippen molar-refractivity contribution in [2.24, 2.45) is 21.7 Å². The number of nitrogens with one attached hydrogen (secondary N) is 1. The maximum atomic E-state index is 13.8. The number of fused-ring (bicyclic) bond motifs is 1. The molecule has 3 aromatic rings. The fraction of sp³-hybridized carbons (Fsp3) is 0.600. The summed E-state index contributed by atoms with van der Waals surface area (Å²) >= 11 is 3.46. The highest BCUT2D eigenvalue weighted by molar-refractivity contribution is 9.10. The Bertz CT molecular complexity index is 1920. The van der Waals surface area contributed by atoms with Crippen LogP contribution in [0.25, 0.3) is 11.0 Å². The average Bonchev–Trinajstić information content (AvgIpc) is 3.61. The van der Waals surface area contributed by atoms with E-state index in [-0.39, 0.29) is 26.6 Å². The van der Waals surface area contributed by atoms with Crippen molar-refractivity contribution in [3.8, 4) is 5.88 Å². The van der Waals surface area contributed by atoms with Gasteiger partial charge >= 0.3 is 23.9 Å². The lowest BCUT2D eigenvalue weighted by Gasteiger charge is -2.45. The first-order valence-corrected chi connectivity index (χ1v) is 18.3. The van der Waals surface area contributed by atoms with Crippen LogP contribution in [0.2, 0.25) is 0 Å². The number of rotatable bonds is 10. The summed E-state index contributed by atoms with van der Waals surface area (Å²) in [5.74, 6) is -3.49. The molecular formula is C40H54BrN3O10. The molecule has 296 valence electrons. The number of carbonyl (C=O) groups excluding carboxylic acids is 4. The largest absolute Gasteiger partial charge is 0.462 e. The molecule has 0 bridgehead atoms. The number of pyridine rings is 1. The zero-order chi connectivity index (χ0) is 43.2. The molecule has 14 heteroatoms. The minimum absolute atomic E-state index is 0.0202. The number of esters is 4. The number of aromatic amines is 1. The average molecular weight is 821 g/mol. The zero-order valence-corrected chi connectivity index (χ0v) is 33.7. The van der Waals surface area contributed by atoms with Gasteiger partial charge in [0.05, 0.1) is 27.0 Å². The number of aromatic nitrogens is 3. The number of H-pyrrole nitrogens is 1. The molecule has 1 unspecified atom stereocenters. The Kier molecular flexibility index (Phi) is 11.2. The molecule has 4 rings (SSSR count). The third kappa shape index (κ3) is 10.8. The van der Waals surface area contributed by atoms with E-state index in [4.69, 9.17) is 33.9 Å². The molecule has 0 saturated carbocycles. The molecule has 1 saturated heterocycles. The minimum Gasteiger partial charge on any atom is -0.462 e. The highest BCUT2D eigenvalue weighted by Crippen LogP contribution is 2.36. The van der Waals surface area contributed by atoms with Crippen molar-refractivity contribution in [3.63, 3.8) is 0 Å². The van der Waals surface area contributed by atoms with Gasteiger partial charge in [-0.05, 0) is 125 Å². The first-order valence-electron chi connectivity index (χ1n) is 20.3. The lowest BCUT2D eigenvalue weighted by molar-refractivity contribution is -0.294. The Morgan fingerprint density at radius 3 is 1.87 bits per heavy atom. The zero-order valence-electron chi connectivity index (χ0n) is 36.2. The Labute approximate surface area is 331 Å². The molecule has 0 spiro atoms. The van der Waals surface area contributed by atoms with Gasteiger partial charge in [-0.25, -0.2) is 4.98 Å². The number of hydrogen-bond donors (Lipinski definition) is 1. The van der Waals surface area contributed by atoms with E-state index in [1.165, 1.54) is 55.4 Å². The van der Waals surface area contributed by atoms with E-state index in [0.29, 0.717) is 23.9 Å². The third-order valence-corrected chi connectivity index (χ3v) is 8.78. The summed E-state index contributed by atoms with van der Waals surface area (Å²) in [6, 6.07) is 9.70. The second-order valence-corrected chi connectivity index (χ2v) is 17.2. The predicted molar refractivity (Wildman–Crippen MR) is 203 cm³/mol. The number of ether oxygens (including phenoxy) is 6. The molecule has 3 heterocycles. The molecule has 0 amide bonds. The monoisotopic (exact) mass is 819 g/mol. The third-order valence-electron chi connectivity index (χ3n) is 8.25. The van der Waals surface area contributed by atoms with Crippen LogP contribution in [0.15, 0.2) is 41.0 Å². The quantitative estimate of drug-likeness (QED) is 0.164. The number of hydrogen-bond acceptors (Lipinski definition) is 12. The molecule has 1 aliphatic rings. The second-order valence-electron chi connectivity index (χ2n) is 16.3. The molecule has 1 fully saturated rings. The van der Waals surface area contributed by atoms with Gasteiger partial charge in [0.25, 0.3) is 0 Å². The van der Waals surface area contributed by atoms with Gasteiger partial charge in [-0.2, -0.15) is 0 Å². The van der Waals surface area contributed by atoms with Crippen LogP contribution >= 0.6 is 15.9 Å². The Morgan fingerprint density at radius 1 is 0.759 bits per heavy atom. The van der Waals surface area contributed by atoms with Crippen molar-refractivity contribution in [1.29, 1.82) is 0 Å². The lowest BCUT2D eigenvalue weighted by atomic mass is 9.93. The van der Waals surface area contributed by atoms with Gasteiger partial charge in [-0.1, -0.05) is 28.1 Å². The summed E-state index contributed by atoms with van der Waals surface area (Å²) in [5.41, 5.74) is -3.15. The molecule has 2 aromatic heterocycles. The molecule has 13 nitrogen and oxygen atoms in total. The molecule has 0 aliphatic carbocycles. The number of aryl methyl sites for hydroxylation is 2. The van der Waals surface area contributed by atoms with Crippen molar-refractivity contribution < 1.29 is 53.1 Å². The van der Waals surface area contributed by atoms with E-state index in [9.17, 15) is 19.2 Å². The van der Waals surface area contributed by atoms with E-state index in [1.807, 2.05) is 30.3 Å². The topological polar surface area (TPSA) is 165 Å². The molecule has 0 radical (unpaired) electrons. The fourth-order valence-electron chi connectivity index (χ4n) is 5.03. The van der Waals surface area contributed by atoms with Crippen LogP contribution in [0.4, 0.5) is 0 Å². The Morgan fingerprint density at radius 2 is 1.30 bits per heavy atom. The van der Waals surface area contributed by atoms with Crippen molar-refractivity contribution in [1.82, 2.24) is 15.2 Å². The first-order chi connectivity index (χ1) is 27.1. The molecule has 1 aliphatic heterocycles. The number of nitrogens with zero attached hydrogens (tertiary/aromatic N) is 2. The van der Waals surface area contributed by atoms with Crippen molar-refractivity contribution in [2.75, 3.05) is 6.61 Å². The summed E-state index contributed by atoms with van der Waals surface area (Å²) in [7, 11) is 0. The highest BCUT2D eigenvalue weighted by Gasteiger charge is 2.56. The number of benzene rings is 1. The molecule has 1 aromatic carbocycles. The van der Waals surface area contributed by atoms with Crippen LogP contribution in [0.1, 0.15) is 99.6 Å². The van der Waals surface area contributed by atoms with Crippen LogP contribution in [0.5, 0.6) is 5.88 Å². The van der Waals surface area contributed by atoms with E-state index in [0.717, 1.165) is 15.6 Å². The summed E-state index contributed by atoms with van der Waals surface area (Å²) < 4.78 is 69.5. The predicted octanol–water partition coefficient (Wildman–Crippen LogP) is 7.07. The normalized spacial score (nSPS) is 21.9. The van der Waals surface area contributed by atoms with Gasteiger partial charge in [-0.3, -0.25) is 24.3 Å². The summed E-state index contributed by atoms with van der Waals surface area (Å²) in [5, 5.41) is 7.71. The fourth-order valence-corrected chi connectivity index (χ4v) is 5.29. The number of carbonyl (C=O) groups is 4. The minimum atomic E-state index is -1.71. The standard InChI is InChI=1S/C40H54BrN3O10/c1-37(2,3)33(45)49-21-25-27(51-34(46)38(4,5)6)28(52-35(47)39(7,8)9)29(53-36(48)40(10,11)12)32(50-25)54-31-26-23(19-20-42-30(26)43-44-31)16-13-22-14-17-24(41)18-15-22/h14-15,17-20,25,27-29,32H,13,16,21H2,1-12H3,(H,42,43,44)/t25-,27-,28+,29-,32?/m1/s1/i1D,4D,7D,10D. The van der Waals surface area contributed by atoms with Crippen molar-refractivity contribution in [2.45, 2.75) is 127 Å². The summed E-state index contributed by atoms with van der Waals surface area (Å²) in [4.78, 5) is 58.9. The summed E-state index contributed by atoms with van der Waals surface area (Å²) in [6.45, 7) is 9.84. The lowest BCUT2D eigenvalue weighted by Crippen LogP contribution is -2.65. The van der Waals surface area contributed by atoms with Gasteiger partial charge in [0.2, 0.25) is 18.3 Å². The number of halogens is 1. The van der Waals surface area contributed by atoms with Crippen LogP contribution in [-0.2, 0) is 55.7 Å². The first kappa shape index (κ1) is 36.9. The van der Waals surface area contributed by atoms with Gasteiger partial charge in [0, 0.05) is 16.2 Å². The van der Waals surface area contributed by atoms with Crippen LogP contribution in [0, 0.1) is 21.7 Å². The molecular weight excluding hydrogens is 762 g/mol. The van der Waals surface area contributed by atoms with Crippen molar-refractivity contribution in [3.05, 3.63) is 52.1 Å². The Hall–Kier alpha value is -4.04. The van der Waals surface area contributed by atoms with E-state index in [1.54, 1.807) is 6.20 Å². The SMILES string of the molecule is [2H]CC(C)(C)C(=O)OC[C@H]1OC(Oc2n[nH]c3nccc(CCc4ccc(Br)cc4)c23)[C@H](OC(=O)C(C)(C)C[2H])[C@@H](OC(=O)C(C)(C)C[2H])[C@@H]1OC(=O)C(C)(C)C[2H]. The molecule has 5 atom stereocenters. The van der Waals surface area contributed by atoms with Gasteiger partial charge < -0.3 is 28.4 Å². The van der Waals surface area contributed by atoms with E-state index in [2.05, 4.69) is 31.1 Å². The highest BCUT2D eigenvalue weighted by atomic mass is 79.9. The maximum absolute atomic E-state index is 13.8.